The predicted octanol–water partition coefficient (Wildman–Crippen LogP) is 4.33. The van der Waals surface area contributed by atoms with Crippen LogP contribution in [0.4, 0.5) is 0 Å². The monoisotopic (exact) mass is 277 g/mol. The molecular formula is C19H19NO. The van der Waals surface area contributed by atoms with Gasteiger partial charge in [-0.05, 0) is 43.5 Å². The van der Waals surface area contributed by atoms with Gasteiger partial charge >= 0.3 is 0 Å². The minimum atomic E-state index is 0.102. The summed E-state index contributed by atoms with van der Waals surface area (Å²) in [5.74, 6) is 0.102. The first-order valence-corrected chi connectivity index (χ1v) is 7.15. The maximum Gasteiger partial charge on any atom is 0.195 e. The lowest BCUT2D eigenvalue weighted by atomic mass is 9.96. The van der Waals surface area contributed by atoms with E-state index in [0.29, 0.717) is 0 Å². The van der Waals surface area contributed by atoms with Crippen molar-refractivity contribution >= 4 is 16.7 Å². The molecule has 0 N–H and O–H groups in total. The average Bonchev–Trinajstić information content (AvgIpc) is 2.78. The topological polar surface area (TPSA) is 22.0 Å². The molecule has 3 aromatic rings. The first-order valence-electron chi connectivity index (χ1n) is 7.15. The van der Waals surface area contributed by atoms with E-state index in [1.54, 1.807) is 0 Å². The van der Waals surface area contributed by atoms with Crippen molar-refractivity contribution in [3.8, 4) is 0 Å². The summed E-state index contributed by atoms with van der Waals surface area (Å²) in [5.41, 5.74) is 6.09. The fourth-order valence-electron chi connectivity index (χ4n) is 2.82. The normalized spacial score (nSPS) is 11.0. The average molecular weight is 277 g/mol. The van der Waals surface area contributed by atoms with E-state index in [-0.39, 0.29) is 5.78 Å². The van der Waals surface area contributed by atoms with Gasteiger partial charge in [0.2, 0.25) is 0 Å². The zero-order valence-corrected chi connectivity index (χ0v) is 12.9. The molecule has 0 spiro atoms. The van der Waals surface area contributed by atoms with Crippen LogP contribution in [0, 0.1) is 20.8 Å². The maximum absolute atomic E-state index is 12.9. The van der Waals surface area contributed by atoms with E-state index < -0.39 is 0 Å². The van der Waals surface area contributed by atoms with Crippen LogP contribution >= 0.6 is 0 Å². The number of carbonyl (C=O) groups is 1. The Hall–Kier alpha value is -2.35. The Bertz CT molecular complexity index is 855. The Kier molecular flexibility index (Phi) is 3.17. The lowest BCUT2D eigenvalue weighted by Gasteiger charge is -2.07. The van der Waals surface area contributed by atoms with Gasteiger partial charge in [0.05, 0.1) is 0 Å². The van der Waals surface area contributed by atoms with Crippen molar-refractivity contribution in [1.29, 1.82) is 0 Å². The van der Waals surface area contributed by atoms with Crippen molar-refractivity contribution in [2.24, 2.45) is 7.05 Å². The van der Waals surface area contributed by atoms with Gasteiger partial charge in [-0.25, -0.2) is 0 Å². The van der Waals surface area contributed by atoms with Crippen LogP contribution in [-0.2, 0) is 7.05 Å². The molecular weight excluding hydrogens is 258 g/mol. The lowest BCUT2D eigenvalue weighted by Crippen LogP contribution is -2.04. The lowest BCUT2D eigenvalue weighted by molar-refractivity contribution is 0.103. The van der Waals surface area contributed by atoms with Crippen LogP contribution in [0.25, 0.3) is 10.9 Å². The summed E-state index contributed by atoms with van der Waals surface area (Å²) in [4.78, 5) is 12.9. The SMILES string of the molecule is Cc1ccc2c(C(=O)c3cccc(C)c3C)cn(C)c2c1. The number of ketones is 1. The second kappa shape index (κ2) is 4.88. The molecule has 0 bridgehead atoms. The molecule has 0 aliphatic rings. The second-order valence-corrected chi connectivity index (χ2v) is 5.75. The molecule has 1 aromatic heterocycles. The molecule has 0 unspecified atom stereocenters. The molecule has 2 heteroatoms. The predicted molar refractivity (Wildman–Crippen MR) is 87.0 cm³/mol. The van der Waals surface area contributed by atoms with E-state index in [2.05, 4.69) is 19.1 Å². The zero-order chi connectivity index (χ0) is 15.1. The summed E-state index contributed by atoms with van der Waals surface area (Å²) < 4.78 is 2.03. The van der Waals surface area contributed by atoms with Gasteiger partial charge in [0.1, 0.15) is 0 Å². The van der Waals surface area contributed by atoms with Crippen LogP contribution in [0.3, 0.4) is 0 Å². The number of rotatable bonds is 2. The van der Waals surface area contributed by atoms with E-state index in [4.69, 9.17) is 0 Å². The van der Waals surface area contributed by atoms with Crippen LogP contribution in [0.2, 0.25) is 0 Å². The van der Waals surface area contributed by atoms with Crippen molar-refractivity contribution in [2.45, 2.75) is 20.8 Å². The van der Waals surface area contributed by atoms with Crippen LogP contribution < -0.4 is 0 Å². The highest BCUT2D eigenvalue weighted by molar-refractivity contribution is 6.17. The van der Waals surface area contributed by atoms with E-state index in [1.165, 1.54) is 5.56 Å². The highest BCUT2D eigenvalue weighted by Crippen LogP contribution is 2.26. The first kappa shape index (κ1) is 13.6. The molecule has 0 amide bonds. The minimum Gasteiger partial charge on any atom is -0.350 e. The van der Waals surface area contributed by atoms with Crippen LogP contribution in [0.15, 0.2) is 42.6 Å². The first-order chi connectivity index (χ1) is 9.99. The molecule has 0 saturated carbocycles. The molecule has 3 rings (SSSR count). The molecule has 0 atom stereocenters. The van der Waals surface area contributed by atoms with Crippen molar-refractivity contribution in [2.75, 3.05) is 0 Å². The molecule has 106 valence electrons. The molecule has 0 radical (unpaired) electrons. The summed E-state index contributed by atoms with van der Waals surface area (Å²) in [6, 6.07) is 12.1. The molecule has 21 heavy (non-hydrogen) atoms. The number of hydrogen-bond donors (Lipinski definition) is 0. The Morgan fingerprint density at radius 3 is 2.52 bits per heavy atom. The summed E-state index contributed by atoms with van der Waals surface area (Å²) in [6.07, 6.45) is 1.94. The molecule has 0 aliphatic heterocycles. The van der Waals surface area contributed by atoms with Crippen LogP contribution in [0.1, 0.15) is 32.6 Å². The van der Waals surface area contributed by atoms with Gasteiger partial charge < -0.3 is 4.57 Å². The van der Waals surface area contributed by atoms with Gasteiger partial charge in [0.25, 0.3) is 0 Å². The Labute approximate surface area is 125 Å². The van der Waals surface area contributed by atoms with E-state index >= 15 is 0 Å². The molecule has 2 aromatic carbocycles. The quantitative estimate of drug-likeness (QED) is 0.639. The second-order valence-electron chi connectivity index (χ2n) is 5.75. The largest absolute Gasteiger partial charge is 0.350 e. The number of carbonyl (C=O) groups excluding carboxylic acids is 1. The number of fused-ring (bicyclic) bond motifs is 1. The van der Waals surface area contributed by atoms with Crippen molar-refractivity contribution in [1.82, 2.24) is 4.57 Å². The maximum atomic E-state index is 12.9. The van der Waals surface area contributed by atoms with E-state index in [1.807, 2.05) is 55.9 Å². The summed E-state index contributed by atoms with van der Waals surface area (Å²) in [6.45, 7) is 6.12. The van der Waals surface area contributed by atoms with Crippen molar-refractivity contribution in [3.63, 3.8) is 0 Å². The third-order valence-electron chi connectivity index (χ3n) is 4.24. The standard InChI is InChI=1S/C19H19NO/c1-12-8-9-16-17(11-20(4)18(16)10-12)19(21)15-7-5-6-13(2)14(15)3/h5-11H,1-4H3. The molecule has 0 saturated heterocycles. The number of aromatic nitrogens is 1. The number of hydrogen-bond acceptors (Lipinski definition) is 1. The highest BCUT2D eigenvalue weighted by Gasteiger charge is 2.17. The van der Waals surface area contributed by atoms with Crippen LogP contribution in [0.5, 0.6) is 0 Å². The summed E-state index contributed by atoms with van der Waals surface area (Å²) in [5, 5.41) is 1.02. The summed E-state index contributed by atoms with van der Waals surface area (Å²) in [7, 11) is 1.99. The number of aryl methyl sites for hydroxylation is 3. The van der Waals surface area contributed by atoms with Gasteiger partial charge in [0, 0.05) is 35.3 Å². The number of nitrogens with zero attached hydrogens (tertiary/aromatic N) is 1. The van der Waals surface area contributed by atoms with Crippen molar-refractivity contribution < 1.29 is 4.79 Å². The molecule has 2 nitrogen and oxygen atoms in total. The Morgan fingerprint density at radius 1 is 1.00 bits per heavy atom. The molecule has 1 heterocycles. The van der Waals surface area contributed by atoms with Gasteiger partial charge in [0.15, 0.2) is 5.78 Å². The van der Waals surface area contributed by atoms with Gasteiger partial charge in [-0.15, -0.1) is 0 Å². The van der Waals surface area contributed by atoms with Crippen molar-refractivity contribution in [3.05, 3.63) is 70.4 Å². The Balaban J connectivity index is 2.21. The van der Waals surface area contributed by atoms with Crippen LogP contribution in [-0.4, -0.2) is 10.4 Å². The minimum absolute atomic E-state index is 0.102. The number of benzene rings is 2. The third-order valence-corrected chi connectivity index (χ3v) is 4.24. The van der Waals surface area contributed by atoms with E-state index in [0.717, 1.165) is 33.2 Å². The third kappa shape index (κ3) is 2.17. The highest BCUT2D eigenvalue weighted by atomic mass is 16.1. The van der Waals surface area contributed by atoms with E-state index in [9.17, 15) is 4.79 Å². The van der Waals surface area contributed by atoms with Gasteiger partial charge in [-0.3, -0.25) is 4.79 Å². The zero-order valence-electron chi connectivity index (χ0n) is 12.9. The fraction of sp³-hybridized carbons (Fsp3) is 0.211. The molecule has 0 aliphatic carbocycles. The fourth-order valence-corrected chi connectivity index (χ4v) is 2.82. The summed E-state index contributed by atoms with van der Waals surface area (Å²) >= 11 is 0. The van der Waals surface area contributed by atoms with Gasteiger partial charge in [-0.2, -0.15) is 0 Å². The van der Waals surface area contributed by atoms with Gasteiger partial charge in [-0.1, -0.05) is 30.3 Å². The Morgan fingerprint density at radius 2 is 1.76 bits per heavy atom. The smallest absolute Gasteiger partial charge is 0.195 e. The molecule has 0 fully saturated rings.